The van der Waals surface area contributed by atoms with Crippen LogP contribution >= 0.6 is 0 Å². The minimum atomic E-state index is 0.202. The summed E-state index contributed by atoms with van der Waals surface area (Å²) < 4.78 is 11.3. The topological polar surface area (TPSA) is 30.5 Å². The molecule has 3 heteroatoms. The van der Waals surface area contributed by atoms with E-state index in [1.165, 1.54) is 5.56 Å². The molecule has 0 spiro atoms. The largest absolute Gasteiger partial charge is 0.491 e. The van der Waals surface area contributed by atoms with Crippen molar-refractivity contribution < 1.29 is 9.47 Å². The highest BCUT2D eigenvalue weighted by atomic mass is 16.5. The van der Waals surface area contributed by atoms with Gasteiger partial charge in [-0.3, -0.25) is 0 Å². The Morgan fingerprint density at radius 3 is 2.72 bits per heavy atom. The van der Waals surface area contributed by atoms with Gasteiger partial charge in [0.15, 0.2) is 0 Å². The molecule has 1 aromatic rings. The summed E-state index contributed by atoms with van der Waals surface area (Å²) in [6.45, 7) is 7.98. The first-order valence-electron chi connectivity index (χ1n) is 6.76. The van der Waals surface area contributed by atoms with Gasteiger partial charge >= 0.3 is 0 Å². The van der Waals surface area contributed by atoms with Crippen LogP contribution < -0.4 is 10.1 Å². The Balaban J connectivity index is 2.05. The first kappa shape index (κ1) is 13.4. The third-order valence-electron chi connectivity index (χ3n) is 3.16. The normalized spacial score (nSPS) is 21.2. The molecule has 1 N–H and O–H groups in total. The quantitative estimate of drug-likeness (QED) is 0.870. The fraction of sp³-hybridized carbons (Fsp3) is 0.600. The van der Waals surface area contributed by atoms with E-state index >= 15 is 0 Å². The first-order valence-corrected chi connectivity index (χ1v) is 6.76. The van der Waals surface area contributed by atoms with Crippen LogP contribution in [0.4, 0.5) is 0 Å². The number of nitrogens with one attached hydrogen (secondary N) is 1. The Morgan fingerprint density at radius 1 is 1.28 bits per heavy atom. The maximum Gasteiger partial charge on any atom is 0.124 e. The smallest absolute Gasteiger partial charge is 0.124 e. The van der Waals surface area contributed by atoms with Crippen LogP contribution in [0.5, 0.6) is 5.75 Å². The van der Waals surface area contributed by atoms with Crippen LogP contribution in [0.3, 0.4) is 0 Å². The Bertz CT molecular complexity index is 373. The van der Waals surface area contributed by atoms with E-state index in [2.05, 4.69) is 38.2 Å². The molecule has 3 nitrogen and oxygen atoms in total. The van der Waals surface area contributed by atoms with Crippen molar-refractivity contribution in [1.82, 2.24) is 5.32 Å². The molecule has 0 aromatic heterocycles. The molecule has 0 bridgehead atoms. The fourth-order valence-electron chi connectivity index (χ4n) is 2.31. The summed E-state index contributed by atoms with van der Waals surface area (Å²) in [5.41, 5.74) is 1.22. The minimum Gasteiger partial charge on any atom is -0.491 e. The lowest BCUT2D eigenvalue weighted by atomic mass is 10.1. The van der Waals surface area contributed by atoms with Crippen LogP contribution in [0.2, 0.25) is 0 Å². The molecule has 1 saturated heterocycles. The van der Waals surface area contributed by atoms with Crippen molar-refractivity contribution in [3.8, 4) is 5.75 Å². The van der Waals surface area contributed by atoms with Crippen molar-refractivity contribution >= 4 is 0 Å². The maximum atomic E-state index is 5.86. The molecule has 0 aliphatic carbocycles. The predicted octanol–water partition coefficient (Wildman–Crippen LogP) is 2.91. The van der Waals surface area contributed by atoms with E-state index in [-0.39, 0.29) is 12.1 Å². The van der Waals surface area contributed by atoms with Crippen molar-refractivity contribution in [2.45, 2.75) is 45.4 Å². The standard InChI is InChI=1S/C15H23NO2/c1-11(2)18-15-7-5-4-6-14(15)12(3)16-13-8-9-17-10-13/h4-7,11-13,16H,8-10H2,1-3H3. The predicted molar refractivity (Wildman–Crippen MR) is 73.0 cm³/mol. The number of ether oxygens (including phenoxy) is 2. The summed E-state index contributed by atoms with van der Waals surface area (Å²) >= 11 is 0. The zero-order chi connectivity index (χ0) is 13.0. The summed E-state index contributed by atoms with van der Waals surface area (Å²) in [4.78, 5) is 0. The Labute approximate surface area is 109 Å². The highest BCUT2D eigenvalue weighted by Crippen LogP contribution is 2.26. The number of hydrogen-bond acceptors (Lipinski definition) is 3. The van der Waals surface area contributed by atoms with E-state index in [9.17, 15) is 0 Å². The van der Waals surface area contributed by atoms with Crippen LogP contribution in [0.15, 0.2) is 24.3 Å². The van der Waals surface area contributed by atoms with E-state index in [4.69, 9.17) is 9.47 Å². The summed E-state index contributed by atoms with van der Waals surface area (Å²) in [6.07, 6.45) is 1.30. The second-order valence-corrected chi connectivity index (χ2v) is 5.15. The van der Waals surface area contributed by atoms with Crippen molar-refractivity contribution in [3.05, 3.63) is 29.8 Å². The van der Waals surface area contributed by atoms with Crippen molar-refractivity contribution in [2.24, 2.45) is 0 Å². The maximum absolute atomic E-state index is 5.86. The van der Waals surface area contributed by atoms with Crippen LogP contribution in [0.1, 0.15) is 38.8 Å². The minimum absolute atomic E-state index is 0.202. The Morgan fingerprint density at radius 2 is 2.06 bits per heavy atom. The van der Waals surface area contributed by atoms with Gasteiger partial charge in [0.2, 0.25) is 0 Å². The molecule has 2 rings (SSSR count). The number of benzene rings is 1. The summed E-state index contributed by atoms with van der Waals surface area (Å²) in [6, 6.07) is 9.00. The van der Waals surface area contributed by atoms with Gasteiger partial charge in [0, 0.05) is 24.3 Å². The summed E-state index contributed by atoms with van der Waals surface area (Å²) in [5.74, 6) is 0.978. The van der Waals surface area contributed by atoms with Crippen molar-refractivity contribution in [3.63, 3.8) is 0 Å². The molecule has 2 unspecified atom stereocenters. The average molecular weight is 249 g/mol. The molecule has 0 amide bonds. The van der Waals surface area contributed by atoms with E-state index in [1.54, 1.807) is 0 Å². The van der Waals surface area contributed by atoms with E-state index in [1.807, 2.05) is 12.1 Å². The van der Waals surface area contributed by atoms with Crippen LogP contribution in [0.25, 0.3) is 0 Å². The second kappa shape index (κ2) is 6.21. The fourth-order valence-corrected chi connectivity index (χ4v) is 2.31. The Kier molecular flexibility index (Phi) is 4.61. The summed E-state index contributed by atoms with van der Waals surface area (Å²) in [7, 11) is 0. The van der Waals surface area contributed by atoms with Gasteiger partial charge in [0.05, 0.1) is 12.7 Å². The van der Waals surface area contributed by atoms with Crippen LogP contribution in [-0.2, 0) is 4.74 Å². The van der Waals surface area contributed by atoms with Gasteiger partial charge in [-0.1, -0.05) is 18.2 Å². The average Bonchev–Trinajstić information content (AvgIpc) is 2.81. The molecule has 1 fully saturated rings. The zero-order valence-electron chi connectivity index (χ0n) is 11.5. The molecule has 1 aromatic carbocycles. The first-order chi connectivity index (χ1) is 8.66. The van der Waals surface area contributed by atoms with Crippen LogP contribution in [-0.4, -0.2) is 25.4 Å². The van der Waals surface area contributed by atoms with E-state index < -0.39 is 0 Å². The third kappa shape index (κ3) is 3.47. The molecule has 0 radical (unpaired) electrons. The van der Waals surface area contributed by atoms with Crippen LogP contribution in [0, 0.1) is 0 Å². The van der Waals surface area contributed by atoms with E-state index in [0.717, 1.165) is 25.4 Å². The molecule has 100 valence electrons. The van der Waals surface area contributed by atoms with E-state index in [0.29, 0.717) is 6.04 Å². The van der Waals surface area contributed by atoms with Gasteiger partial charge in [0.25, 0.3) is 0 Å². The number of rotatable bonds is 5. The molecule has 1 heterocycles. The molecule has 2 atom stereocenters. The molecular weight excluding hydrogens is 226 g/mol. The number of hydrogen-bond donors (Lipinski definition) is 1. The van der Waals surface area contributed by atoms with Gasteiger partial charge in [0.1, 0.15) is 5.75 Å². The lowest BCUT2D eigenvalue weighted by Crippen LogP contribution is -2.32. The van der Waals surface area contributed by atoms with Gasteiger partial charge in [-0.25, -0.2) is 0 Å². The zero-order valence-corrected chi connectivity index (χ0v) is 11.5. The highest BCUT2D eigenvalue weighted by Gasteiger charge is 2.20. The molecular formula is C15H23NO2. The number of para-hydroxylation sites is 1. The molecule has 1 aliphatic rings. The third-order valence-corrected chi connectivity index (χ3v) is 3.16. The monoisotopic (exact) mass is 249 g/mol. The lowest BCUT2D eigenvalue weighted by molar-refractivity contribution is 0.188. The molecule has 1 aliphatic heterocycles. The van der Waals surface area contributed by atoms with Crippen molar-refractivity contribution in [2.75, 3.05) is 13.2 Å². The molecule has 0 saturated carbocycles. The second-order valence-electron chi connectivity index (χ2n) is 5.15. The lowest BCUT2D eigenvalue weighted by Gasteiger charge is -2.22. The van der Waals surface area contributed by atoms with Gasteiger partial charge in [-0.05, 0) is 33.3 Å². The highest BCUT2D eigenvalue weighted by molar-refractivity contribution is 5.35. The van der Waals surface area contributed by atoms with Gasteiger partial charge < -0.3 is 14.8 Å². The van der Waals surface area contributed by atoms with Crippen molar-refractivity contribution in [1.29, 1.82) is 0 Å². The van der Waals surface area contributed by atoms with Gasteiger partial charge in [-0.2, -0.15) is 0 Å². The molecule has 18 heavy (non-hydrogen) atoms. The van der Waals surface area contributed by atoms with Gasteiger partial charge in [-0.15, -0.1) is 0 Å². The summed E-state index contributed by atoms with van der Waals surface area (Å²) in [5, 5.41) is 3.60. The Hall–Kier alpha value is -1.06. The SMILES string of the molecule is CC(C)Oc1ccccc1C(C)NC1CCOC1.